The van der Waals surface area contributed by atoms with Crippen molar-refractivity contribution in [2.45, 2.75) is 26.2 Å². The topological polar surface area (TPSA) is 39.2 Å². The van der Waals surface area contributed by atoms with Crippen LogP contribution in [0.15, 0.2) is 69.5 Å². The van der Waals surface area contributed by atoms with Gasteiger partial charge in [0, 0.05) is 21.9 Å². The van der Waals surface area contributed by atoms with Crippen molar-refractivity contribution in [1.29, 1.82) is 0 Å². The molecular weight excluding hydrogens is 322 g/mol. The first-order valence-corrected chi connectivity index (χ1v) is 8.82. The highest BCUT2D eigenvalue weighted by Gasteiger charge is 2.21. The molecule has 0 atom stereocenters. The summed E-state index contributed by atoms with van der Waals surface area (Å²) in [6.45, 7) is 6.55. The molecule has 0 N–H and O–H groups in total. The van der Waals surface area contributed by atoms with E-state index in [1.54, 1.807) is 0 Å². The Morgan fingerprint density at radius 1 is 0.769 bits per heavy atom. The summed E-state index contributed by atoms with van der Waals surface area (Å²) in [6.07, 6.45) is 0. The van der Waals surface area contributed by atoms with Gasteiger partial charge in [-0.15, -0.1) is 0 Å². The van der Waals surface area contributed by atoms with E-state index in [0.717, 1.165) is 38.6 Å². The Bertz CT molecular complexity index is 1270. The molecule has 0 aliphatic carbocycles. The van der Waals surface area contributed by atoms with Gasteiger partial charge in [0.25, 0.3) is 0 Å². The van der Waals surface area contributed by atoms with Crippen molar-refractivity contribution >= 4 is 33.0 Å². The molecule has 2 heterocycles. The molecule has 0 spiro atoms. The molecule has 0 saturated carbocycles. The monoisotopic (exact) mass is 341 g/mol. The average Bonchev–Trinajstić information content (AvgIpc) is 3.21. The molecule has 128 valence electrons. The number of oxazole rings is 1. The molecule has 0 aliphatic heterocycles. The molecule has 5 rings (SSSR count). The van der Waals surface area contributed by atoms with E-state index < -0.39 is 0 Å². The molecule has 3 heteroatoms. The second-order valence-electron chi connectivity index (χ2n) is 7.73. The van der Waals surface area contributed by atoms with Crippen LogP contribution in [0.5, 0.6) is 0 Å². The largest absolute Gasteiger partial charge is 0.456 e. The van der Waals surface area contributed by atoms with Crippen molar-refractivity contribution < 1.29 is 8.83 Å². The highest BCUT2D eigenvalue weighted by molar-refractivity contribution is 6.05. The Labute approximate surface area is 151 Å². The van der Waals surface area contributed by atoms with Crippen LogP contribution in [0, 0.1) is 0 Å². The molecular formula is C23H19NO2. The van der Waals surface area contributed by atoms with Gasteiger partial charge in [-0.25, -0.2) is 4.98 Å². The lowest BCUT2D eigenvalue weighted by Crippen LogP contribution is -2.10. The highest BCUT2D eigenvalue weighted by atomic mass is 16.3. The second-order valence-corrected chi connectivity index (χ2v) is 7.73. The van der Waals surface area contributed by atoms with E-state index in [0.29, 0.717) is 5.89 Å². The minimum atomic E-state index is -0.000989. The standard InChI is InChI=1S/C23H19NO2/c1-23(2,3)17-8-6-9-18-21(17)26-22(24-18)14-11-12-16-15-7-4-5-10-19(15)25-20(16)13-14/h4-13H,1-3H3. The van der Waals surface area contributed by atoms with Crippen LogP contribution in [0.2, 0.25) is 0 Å². The average molecular weight is 341 g/mol. The first-order valence-electron chi connectivity index (χ1n) is 8.82. The van der Waals surface area contributed by atoms with E-state index in [1.165, 1.54) is 5.56 Å². The molecule has 0 fully saturated rings. The number of benzene rings is 3. The Balaban J connectivity index is 1.71. The summed E-state index contributed by atoms with van der Waals surface area (Å²) >= 11 is 0. The summed E-state index contributed by atoms with van der Waals surface area (Å²) in [5.74, 6) is 0.624. The summed E-state index contributed by atoms with van der Waals surface area (Å²) < 4.78 is 12.2. The van der Waals surface area contributed by atoms with Gasteiger partial charge in [-0.2, -0.15) is 0 Å². The lowest BCUT2D eigenvalue weighted by Gasteiger charge is -2.18. The number of hydrogen-bond acceptors (Lipinski definition) is 3. The first kappa shape index (κ1) is 15.2. The summed E-state index contributed by atoms with van der Waals surface area (Å²) in [7, 11) is 0. The fourth-order valence-electron chi connectivity index (χ4n) is 3.52. The number of furan rings is 1. The molecule has 0 aliphatic rings. The van der Waals surface area contributed by atoms with Crippen LogP contribution in [-0.4, -0.2) is 4.98 Å². The van der Waals surface area contributed by atoms with E-state index in [2.05, 4.69) is 39.0 Å². The molecule has 2 aromatic heterocycles. The molecule has 3 aromatic carbocycles. The van der Waals surface area contributed by atoms with Gasteiger partial charge in [-0.1, -0.05) is 51.1 Å². The SMILES string of the molecule is CC(C)(C)c1cccc2nc(-c3ccc4c(c3)oc3ccccc34)oc12. The zero-order valence-electron chi connectivity index (χ0n) is 15.0. The number of fused-ring (bicyclic) bond motifs is 4. The zero-order valence-corrected chi connectivity index (χ0v) is 15.0. The molecule has 26 heavy (non-hydrogen) atoms. The molecule has 0 unspecified atom stereocenters. The van der Waals surface area contributed by atoms with Gasteiger partial charge in [-0.05, 0) is 35.7 Å². The number of rotatable bonds is 1. The van der Waals surface area contributed by atoms with Gasteiger partial charge < -0.3 is 8.83 Å². The molecule has 3 nitrogen and oxygen atoms in total. The van der Waals surface area contributed by atoms with Gasteiger partial charge in [0.1, 0.15) is 16.7 Å². The number of para-hydroxylation sites is 2. The maximum absolute atomic E-state index is 6.18. The highest BCUT2D eigenvalue weighted by Crippen LogP contribution is 2.35. The van der Waals surface area contributed by atoms with Crippen molar-refractivity contribution in [2.75, 3.05) is 0 Å². The Hall–Kier alpha value is -3.07. The Morgan fingerprint density at radius 2 is 1.58 bits per heavy atom. The maximum atomic E-state index is 6.18. The third-order valence-corrected chi connectivity index (χ3v) is 4.85. The van der Waals surface area contributed by atoms with Crippen molar-refractivity contribution in [3.05, 3.63) is 66.2 Å². The summed E-state index contributed by atoms with van der Waals surface area (Å²) in [6, 6.07) is 20.4. The predicted molar refractivity (Wildman–Crippen MR) is 105 cm³/mol. The van der Waals surface area contributed by atoms with Crippen molar-refractivity contribution in [2.24, 2.45) is 0 Å². The predicted octanol–water partition coefficient (Wildman–Crippen LogP) is 6.69. The minimum absolute atomic E-state index is 0.000989. The van der Waals surface area contributed by atoms with Crippen molar-refractivity contribution in [1.82, 2.24) is 4.98 Å². The number of nitrogens with zero attached hydrogens (tertiary/aromatic N) is 1. The summed E-state index contributed by atoms with van der Waals surface area (Å²) in [5, 5.41) is 2.23. The summed E-state index contributed by atoms with van der Waals surface area (Å²) in [5.41, 5.74) is 5.58. The quantitative estimate of drug-likeness (QED) is 0.341. The van der Waals surface area contributed by atoms with Gasteiger partial charge in [-0.3, -0.25) is 0 Å². The van der Waals surface area contributed by atoms with E-state index >= 15 is 0 Å². The Kier molecular flexibility index (Phi) is 3.05. The van der Waals surface area contributed by atoms with Gasteiger partial charge in [0.2, 0.25) is 5.89 Å². The lowest BCUT2D eigenvalue weighted by molar-refractivity contribution is 0.561. The van der Waals surface area contributed by atoms with Crippen LogP contribution in [0.3, 0.4) is 0 Å². The lowest BCUT2D eigenvalue weighted by atomic mass is 9.86. The van der Waals surface area contributed by atoms with Crippen LogP contribution in [0.1, 0.15) is 26.3 Å². The maximum Gasteiger partial charge on any atom is 0.227 e. The van der Waals surface area contributed by atoms with Gasteiger partial charge in [0.15, 0.2) is 5.58 Å². The Morgan fingerprint density at radius 3 is 2.42 bits per heavy atom. The minimum Gasteiger partial charge on any atom is -0.456 e. The van der Waals surface area contributed by atoms with E-state index in [9.17, 15) is 0 Å². The van der Waals surface area contributed by atoms with E-state index in [-0.39, 0.29) is 5.41 Å². The fraction of sp³-hybridized carbons (Fsp3) is 0.174. The zero-order chi connectivity index (χ0) is 17.9. The normalized spacial score (nSPS) is 12.4. The molecule has 0 bridgehead atoms. The molecule has 5 aromatic rings. The summed E-state index contributed by atoms with van der Waals surface area (Å²) in [4.78, 5) is 4.71. The number of hydrogen-bond donors (Lipinski definition) is 0. The smallest absolute Gasteiger partial charge is 0.227 e. The second kappa shape index (κ2) is 5.21. The molecule has 0 saturated heterocycles. The van der Waals surface area contributed by atoms with E-state index in [1.807, 2.05) is 42.5 Å². The van der Waals surface area contributed by atoms with Crippen LogP contribution >= 0.6 is 0 Å². The van der Waals surface area contributed by atoms with E-state index in [4.69, 9.17) is 13.8 Å². The third-order valence-electron chi connectivity index (χ3n) is 4.85. The number of aromatic nitrogens is 1. The third kappa shape index (κ3) is 2.24. The van der Waals surface area contributed by atoms with Gasteiger partial charge >= 0.3 is 0 Å². The van der Waals surface area contributed by atoms with Crippen molar-refractivity contribution in [3.8, 4) is 11.5 Å². The fourth-order valence-corrected chi connectivity index (χ4v) is 3.52. The van der Waals surface area contributed by atoms with Gasteiger partial charge in [0.05, 0.1) is 0 Å². The molecule has 0 amide bonds. The van der Waals surface area contributed by atoms with Crippen molar-refractivity contribution in [3.63, 3.8) is 0 Å². The van der Waals surface area contributed by atoms with Crippen LogP contribution < -0.4 is 0 Å². The first-order chi connectivity index (χ1) is 12.5. The van der Waals surface area contributed by atoms with Crippen LogP contribution in [0.4, 0.5) is 0 Å². The molecule has 0 radical (unpaired) electrons. The van der Waals surface area contributed by atoms with Crippen LogP contribution in [0.25, 0.3) is 44.5 Å². The van der Waals surface area contributed by atoms with Crippen LogP contribution in [-0.2, 0) is 5.41 Å².